The molecule has 4 atom stereocenters. The van der Waals surface area contributed by atoms with E-state index in [9.17, 15) is 15.5 Å². The van der Waals surface area contributed by atoms with E-state index in [1.807, 2.05) is 43.3 Å². The van der Waals surface area contributed by atoms with Crippen molar-refractivity contribution in [3.05, 3.63) is 59.5 Å². The number of morpholine rings is 1. The van der Waals surface area contributed by atoms with Crippen molar-refractivity contribution in [3.8, 4) is 6.07 Å². The lowest BCUT2D eigenvalue weighted by atomic mass is 10.0. The number of hydrogen-bond donors (Lipinski definition) is 3. The van der Waals surface area contributed by atoms with Crippen LogP contribution < -0.4 is 15.1 Å². The highest BCUT2D eigenvalue weighted by atomic mass is 16.5. The van der Waals surface area contributed by atoms with Gasteiger partial charge in [0.05, 0.1) is 47.7 Å². The molecule has 37 heavy (non-hydrogen) atoms. The van der Waals surface area contributed by atoms with Crippen molar-refractivity contribution in [1.29, 1.82) is 5.26 Å². The van der Waals surface area contributed by atoms with Crippen LogP contribution in [0.25, 0.3) is 10.9 Å². The van der Waals surface area contributed by atoms with E-state index in [0.29, 0.717) is 37.3 Å². The van der Waals surface area contributed by atoms with Gasteiger partial charge >= 0.3 is 0 Å². The summed E-state index contributed by atoms with van der Waals surface area (Å²) in [5.41, 5.74) is 4.89. The summed E-state index contributed by atoms with van der Waals surface area (Å²) in [5, 5.41) is 34.3. The molecule has 9 heteroatoms. The minimum atomic E-state index is -0.442. The van der Waals surface area contributed by atoms with Crippen LogP contribution in [0.5, 0.6) is 0 Å². The van der Waals surface area contributed by atoms with Gasteiger partial charge in [-0.3, -0.25) is 9.97 Å². The van der Waals surface area contributed by atoms with Gasteiger partial charge in [0.1, 0.15) is 6.07 Å². The van der Waals surface area contributed by atoms with Gasteiger partial charge in [-0.25, -0.2) is 0 Å². The summed E-state index contributed by atoms with van der Waals surface area (Å²) < 4.78 is 6.28. The zero-order valence-electron chi connectivity index (χ0n) is 21.3. The molecule has 2 aliphatic heterocycles. The molecule has 3 aromatic rings. The fourth-order valence-corrected chi connectivity index (χ4v) is 5.52. The van der Waals surface area contributed by atoms with Gasteiger partial charge in [0.2, 0.25) is 0 Å². The number of aliphatic hydroxyl groups excluding tert-OH is 2. The maximum Gasteiger partial charge on any atom is 0.101 e. The number of aliphatic hydroxyl groups is 2. The van der Waals surface area contributed by atoms with Crippen LogP contribution in [-0.4, -0.2) is 77.3 Å². The summed E-state index contributed by atoms with van der Waals surface area (Å²) in [6, 6.07) is 13.8. The molecule has 2 aromatic heterocycles. The third-order valence-corrected chi connectivity index (χ3v) is 7.24. The number of nitriles is 1. The first kappa shape index (κ1) is 25.4. The van der Waals surface area contributed by atoms with Crippen LogP contribution in [0.4, 0.5) is 11.4 Å². The van der Waals surface area contributed by atoms with Crippen molar-refractivity contribution in [1.82, 2.24) is 15.3 Å². The molecule has 2 fully saturated rings. The number of ether oxygens (including phenoxy) is 1. The van der Waals surface area contributed by atoms with Gasteiger partial charge < -0.3 is 30.1 Å². The number of rotatable bonds is 6. The van der Waals surface area contributed by atoms with Crippen molar-refractivity contribution in [3.63, 3.8) is 0 Å². The summed E-state index contributed by atoms with van der Waals surface area (Å²) in [5.74, 6) is 0. The predicted octanol–water partition coefficient (Wildman–Crippen LogP) is 2.13. The smallest absolute Gasteiger partial charge is 0.101 e. The summed E-state index contributed by atoms with van der Waals surface area (Å²) in [6.45, 7) is 7.38. The number of aromatic nitrogens is 2. The zero-order valence-corrected chi connectivity index (χ0v) is 21.3. The van der Waals surface area contributed by atoms with Crippen molar-refractivity contribution >= 4 is 22.3 Å². The second kappa shape index (κ2) is 11.0. The minimum absolute atomic E-state index is 0.0346. The molecule has 4 heterocycles. The Morgan fingerprint density at radius 3 is 2.86 bits per heavy atom. The van der Waals surface area contributed by atoms with E-state index in [2.05, 4.69) is 38.1 Å². The average Bonchev–Trinajstić information content (AvgIpc) is 2.91. The number of fused-ring (bicyclic) bond motifs is 1. The molecule has 0 aliphatic carbocycles. The van der Waals surface area contributed by atoms with Crippen LogP contribution in [0.2, 0.25) is 0 Å². The SMILES string of the molecule is Cc1cc(N2CCC(O)C(NC[C@H]3CN(c4ccc(C#N)c5ncccc45)C[C@@H](C)O3)C2)cc(CO)n1. The van der Waals surface area contributed by atoms with Crippen molar-refractivity contribution in [2.45, 2.75) is 51.2 Å². The third kappa shape index (κ3) is 5.53. The largest absolute Gasteiger partial charge is 0.391 e. The lowest BCUT2D eigenvalue weighted by Gasteiger charge is -2.41. The van der Waals surface area contributed by atoms with E-state index < -0.39 is 6.10 Å². The Labute approximate surface area is 217 Å². The van der Waals surface area contributed by atoms with Crippen LogP contribution in [0, 0.1) is 18.3 Å². The van der Waals surface area contributed by atoms with E-state index in [1.54, 1.807) is 6.20 Å². The van der Waals surface area contributed by atoms with Crippen LogP contribution in [0.15, 0.2) is 42.6 Å². The summed E-state index contributed by atoms with van der Waals surface area (Å²) in [4.78, 5) is 13.4. The Bertz CT molecular complexity index is 1290. The molecule has 0 spiro atoms. The fourth-order valence-electron chi connectivity index (χ4n) is 5.52. The number of nitrogens with zero attached hydrogens (tertiary/aromatic N) is 5. The van der Waals surface area contributed by atoms with Gasteiger partial charge in [-0.05, 0) is 56.7 Å². The molecule has 0 radical (unpaired) electrons. The van der Waals surface area contributed by atoms with Gasteiger partial charge in [0.25, 0.3) is 0 Å². The molecule has 2 aliphatic rings. The maximum absolute atomic E-state index is 10.7. The van der Waals surface area contributed by atoms with Crippen LogP contribution >= 0.6 is 0 Å². The minimum Gasteiger partial charge on any atom is -0.391 e. The van der Waals surface area contributed by atoms with Gasteiger partial charge in [-0.1, -0.05) is 0 Å². The van der Waals surface area contributed by atoms with Crippen molar-refractivity contribution in [2.75, 3.05) is 42.5 Å². The van der Waals surface area contributed by atoms with Crippen LogP contribution in [0.3, 0.4) is 0 Å². The number of aryl methyl sites for hydroxylation is 1. The first-order chi connectivity index (χ1) is 17.9. The standard InChI is InChI=1S/C28H34N6O3/c1-18-10-22(11-21(17-35)32-18)33-9-7-27(36)25(16-33)31-13-23-15-34(14-19(2)37-23)26-6-5-20(12-29)28-24(26)4-3-8-30-28/h3-6,8,10-11,19,23,25,27,31,35-36H,7,9,13-17H2,1-2H3/t19-,23+,25?,27?/m1/s1. The quantitative estimate of drug-likeness (QED) is 0.466. The topological polar surface area (TPSA) is 118 Å². The second-order valence-electron chi connectivity index (χ2n) is 10.1. The van der Waals surface area contributed by atoms with Crippen molar-refractivity contribution in [2.24, 2.45) is 0 Å². The molecule has 194 valence electrons. The Kier molecular flexibility index (Phi) is 7.53. The molecule has 0 amide bonds. The summed E-state index contributed by atoms with van der Waals surface area (Å²) in [7, 11) is 0. The molecule has 0 saturated carbocycles. The number of hydrogen-bond acceptors (Lipinski definition) is 9. The molecule has 1 aromatic carbocycles. The molecular weight excluding hydrogens is 468 g/mol. The normalized spacial score (nSPS) is 24.3. The molecule has 2 unspecified atom stereocenters. The first-order valence-corrected chi connectivity index (χ1v) is 12.9. The molecule has 5 rings (SSSR count). The van der Waals surface area contributed by atoms with E-state index in [0.717, 1.165) is 41.1 Å². The maximum atomic E-state index is 10.7. The van der Waals surface area contributed by atoms with Crippen molar-refractivity contribution < 1.29 is 14.9 Å². The highest BCUT2D eigenvalue weighted by Gasteiger charge is 2.31. The Hall–Kier alpha value is -3.29. The van der Waals surface area contributed by atoms with E-state index in [4.69, 9.17) is 4.74 Å². The fraction of sp³-hybridized carbons (Fsp3) is 0.464. The number of anilines is 2. The summed E-state index contributed by atoms with van der Waals surface area (Å²) >= 11 is 0. The van der Waals surface area contributed by atoms with Gasteiger partial charge in [0.15, 0.2) is 0 Å². The average molecular weight is 503 g/mol. The Morgan fingerprint density at radius 1 is 1.19 bits per heavy atom. The predicted molar refractivity (Wildman–Crippen MR) is 143 cm³/mol. The lowest BCUT2D eigenvalue weighted by molar-refractivity contribution is -0.0187. The van der Waals surface area contributed by atoms with Gasteiger partial charge in [-0.2, -0.15) is 5.26 Å². The number of benzene rings is 1. The highest BCUT2D eigenvalue weighted by molar-refractivity contribution is 5.95. The van der Waals surface area contributed by atoms with E-state index in [1.165, 1.54) is 0 Å². The first-order valence-electron chi connectivity index (χ1n) is 12.9. The number of piperidine rings is 1. The van der Waals surface area contributed by atoms with Gasteiger partial charge in [0, 0.05) is 61.4 Å². The lowest BCUT2D eigenvalue weighted by Crippen LogP contribution is -2.57. The third-order valence-electron chi connectivity index (χ3n) is 7.24. The highest BCUT2D eigenvalue weighted by Crippen LogP contribution is 2.30. The molecule has 2 saturated heterocycles. The molecule has 3 N–H and O–H groups in total. The monoisotopic (exact) mass is 502 g/mol. The number of nitrogens with one attached hydrogen (secondary N) is 1. The Morgan fingerprint density at radius 2 is 2.05 bits per heavy atom. The zero-order chi connectivity index (χ0) is 25.9. The Balaban J connectivity index is 1.27. The van der Waals surface area contributed by atoms with E-state index in [-0.39, 0.29) is 24.9 Å². The van der Waals surface area contributed by atoms with Gasteiger partial charge in [-0.15, -0.1) is 0 Å². The molecule has 0 bridgehead atoms. The number of pyridine rings is 2. The van der Waals surface area contributed by atoms with Crippen LogP contribution in [-0.2, 0) is 11.3 Å². The molecular formula is C28H34N6O3. The molecule has 9 nitrogen and oxygen atoms in total. The van der Waals surface area contributed by atoms with Crippen LogP contribution in [0.1, 0.15) is 30.3 Å². The second-order valence-corrected chi connectivity index (χ2v) is 10.1. The summed E-state index contributed by atoms with van der Waals surface area (Å²) in [6.07, 6.45) is 1.91. The van der Waals surface area contributed by atoms with E-state index >= 15 is 0 Å².